The van der Waals surface area contributed by atoms with Crippen molar-refractivity contribution in [2.75, 3.05) is 3.53 Å². The third-order valence-electron chi connectivity index (χ3n) is 1.10. The molecule has 1 aromatic carbocycles. The van der Waals surface area contributed by atoms with Gasteiger partial charge >= 0.3 is 0 Å². The Morgan fingerprint density at radius 2 is 1.55 bits per heavy atom. The molecule has 11 heavy (non-hydrogen) atoms. The normalized spacial score (nSPS) is 9.82. The van der Waals surface area contributed by atoms with Crippen LogP contribution in [0.1, 0.15) is 0 Å². The van der Waals surface area contributed by atoms with Gasteiger partial charge in [0.1, 0.15) is 11.5 Å². The van der Waals surface area contributed by atoms with Gasteiger partial charge in [0.15, 0.2) is 11.6 Å². The lowest BCUT2D eigenvalue weighted by Crippen LogP contribution is -1.92. The van der Waals surface area contributed by atoms with Crippen molar-refractivity contribution in [2.24, 2.45) is 0 Å². The molecule has 1 aromatic rings. The molecule has 0 spiro atoms. The van der Waals surface area contributed by atoms with Gasteiger partial charge < -0.3 is 3.53 Å². The van der Waals surface area contributed by atoms with Gasteiger partial charge in [-0.25, -0.2) is 13.2 Å². The van der Waals surface area contributed by atoms with Crippen LogP contribution in [-0.2, 0) is 0 Å². The summed E-state index contributed by atoms with van der Waals surface area (Å²) in [7, 11) is 0. The molecule has 0 radical (unpaired) electrons. The average molecular weight is 273 g/mol. The number of anilines is 1. The molecular formula is C6H3F3IN. The molecule has 60 valence electrons. The van der Waals surface area contributed by atoms with Crippen molar-refractivity contribution in [3.8, 4) is 0 Å². The minimum absolute atomic E-state index is 0.327. The fraction of sp³-hybridized carbons (Fsp3) is 0. The van der Waals surface area contributed by atoms with Crippen LogP contribution in [-0.4, -0.2) is 0 Å². The van der Waals surface area contributed by atoms with Crippen LogP contribution in [0.3, 0.4) is 0 Å². The maximum absolute atomic E-state index is 12.6. The van der Waals surface area contributed by atoms with E-state index in [0.29, 0.717) is 12.1 Å². The second kappa shape index (κ2) is 3.29. The van der Waals surface area contributed by atoms with Crippen LogP contribution in [0, 0.1) is 17.5 Å². The van der Waals surface area contributed by atoms with Gasteiger partial charge in [0.05, 0.1) is 22.9 Å². The van der Waals surface area contributed by atoms with E-state index < -0.39 is 17.5 Å². The Morgan fingerprint density at radius 1 is 1.09 bits per heavy atom. The van der Waals surface area contributed by atoms with Crippen molar-refractivity contribution in [3.63, 3.8) is 0 Å². The number of nitrogens with one attached hydrogen (secondary N) is 1. The summed E-state index contributed by atoms with van der Waals surface area (Å²) in [5, 5.41) is 0. The molecule has 0 saturated heterocycles. The van der Waals surface area contributed by atoms with E-state index in [1.54, 1.807) is 22.9 Å². The third-order valence-corrected chi connectivity index (χ3v) is 1.64. The predicted molar refractivity (Wildman–Crippen MR) is 44.0 cm³/mol. The summed E-state index contributed by atoms with van der Waals surface area (Å²) in [6.07, 6.45) is 0. The van der Waals surface area contributed by atoms with E-state index in [0.717, 1.165) is 0 Å². The van der Waals surface area contributed by atoms with Gasteiger partial charge in [0, 0.05) is 12.1 Å². The highest BCUT2D eigenvalue weighted by atomic mass is 127. The molecule has 0 bridgehead atoms. The SMILES string of the molecule is Fc1cc(F)c(NI)c(F)c1. The molecule has 1 rings (SSSR count). The summed E-state index contributed by atoms with van der Waals surface area (Å²) in [6, 6.07) is 1.23. The van der Waals surface area contributed by atoms with Crippen molar-refractivity contribution >= 4 is 28.6 Å². The zero-order valence-electron chi connectivity index (χ0n) is 5.17. The largest absolute Gasteiger partial charge is 0.324 e. The fourth-order valence-electron chi connectivity index (χ4n) is 0.632. The van der Waals surface area contributed by atoms with Crippen molar-refractivity contribution < 1.29 is 13.2 Å². The lowest BCUT2D eigenvalue weighted by Gasteiger charge is -2.00. The van der Waals surface area contributed by atoms with Crippen molar-refractivity contribution in [1.82, 2.24) is 0 Å². The van der Waals surface area contributed by atoms with Crippen LogP contribution >= 0.6 is 22.9 Å². The summed E-state index contributed by atoms with van der Waals surface area (Å²) in [5.41, 5.74) is -0.327. The third kappa shape index (κ3) is 1.76. The Bertz CT molecular complexity index is 254. The molecule has 5 heteroatoms. The standard InChI is InChI=1S/C6H3F3IN/c7-3-1-4(8)6(11-10)5(9)2-3/h1-2,11H. The molecule has 1 nitrogen and oxygen atoms in total. The molecule has 0 aliphatic rings. The molecule has 0 fully saturated rings. The van der Waals surface area contributed by atoms with E-state index in [-0.39, 0.29) is 5.69 Å². The van der Waals surface area contributed by atoms with Gasteiger partial charge in [0.25, 0.3) is 0 Å². The molecule has 0 unspecified atom stereocenters. The molecular weight excluding hydrogens is 270 g/mol. The minimum Gasteiger partial charge on any atom is -0.324 e. The number of hydrogen-bond donors (Lipinski definition) is 1. The fourth-order valence-corrected chi connectivity index (χ4v) is 1.15. The van der Waals surface area contributed by atoms with E-state index in [1.165, 1.54) is 0 Å². The van der Waals surface area contributed by atoms with Crippen LogP contribution in [0.15, 0.2) is 12.1 Å². The molecule has 0 aliphatic heterocycles. The van der Waals surface area contributed by atoms with E-state index in [9.17, 15) is 13.2 Å². The molecule has 0 amide bonds. The minimum atomic E-state index is -0.933. The number of benzene rings is 1. The van der Waals surface area contributed by atoms with Gasteiger partial charge in [0.2, 0.25) is 0 Å². The summed E-state index contributed by atoms with van der Waals surface area (Å²) in [4.78, 5) is 0. The van der Waals surface area contributed by atoms with Crippen LogP contribution in [0.2, 0.25) is 0 Å². The molecule has 0 aliphatic carbocycles. The molecule has 0 heterocycles. The molecule has 1 N–H and O–H groups in total. The maximum Gasteiger partial charge on any atom is 0.152 e. The summed E-state index contributed by atoms with van der Waals surface area (Å²) in [5.74, 6) is -2.79. The van der Waals surface area contributed by atoms with Gasteiger partial charge in [-0.15, -0.1) is 0 Å². The highest BCUT2D eigenvalue weighted by Crippen LogP contribution is 2.20. The van der Waals surface area contributed by atoms with Gasteiger partial charge in [-0.3, -0.25) is 0 Å². The Labute approximate surface area is 75.1 Å². The van der Waals surface area contributed by atoms with Crippen molar-refractivity contribution in [2.45, 2.75) is 0 Å². The zero-order valence-corrected chi connectivity index (χ0v) is 7.32. The predicted octanol–water partition coefficient (Wildman–Crippen LogP) is 2.87. The Hall–Kier alpha value is -0.460. The maximum atomic E-state index is 12.6. The van der Waals surface area contributed by atoms with E-state index in [1.807, 2.05) is 0 Å². The first-order valence-electron chi connectivity index (χ1n) is 2.66. The number of rotatable bonds is 1. The first-order valence-corrected chi connectivity index (χ1v) is 3.74. The van der Waals surface area contributed by atoms with Crippen molar-refractivity contribution in [3.05, 3.63) is 29.6 Å². The lowest BCUT2D eigenvalue weighted by atomic mass is 10.3. The topological polar surface area (TPSA) is 12.0 Å². The number of halogens is 4. The Morgan fingerprint density at radius 3 is 1.91 bits per heavy atom. The van der Waals surface area contributed by atoms with Gasteiger partial charge in [-0.2, -0.15) is 0 Å². The Kier molecular flexibility index (Phi) is 2.58. The lowest BCUT2D eigenvalue weighted by molar-refractivity contribution is 0.550. The average Bonchev–Trinajstić information content (AvgIpc) is 1.85. The second-order valence-corrected chi connectivity index (χ2v) is 2.38. The monoisotopic (exact) mass is 273 g/mol. The Balaban J connectivity index is 3.25. The molecule has 0 atom stereocenters. The van der Waals surface area contributed by atoms with Gasteiger partial charge in [-0.1, -0.05) is 0 Å². The summed E-state index contributed by atoms with van der Waals surface area (Å²) in [6.45, 7) is 0. The summed E-state index contributed by atoms with van der Waals surface area (Å²) >= 11 is 1.56. The smallest absolute Gasteiger partial charge is 0.152 e. The second-order valence-electron chi connectivity index (χ2n) is 1.84. The molecule has 0 saturated carbocycles. The van der Waals surface area contributed by atoms with E-state index >= 15 is 0 Å². The van der Waals surface area contributed by atoms with E-state index in [2.05, 4.69) is 3.53 Å². The quantitative estimate of drug-likeness (QED) is 0.612. The van der Waals surface area contributed by atoms with Crippen LogP contribution in [0.4, 0.5) is 18.9 Å². The van der Waals surface area contributed by atoms with Crippen LogP contribution in [0.25, 0.3) is 0 Å². The first-order chi connectivity index (χ1) is 5.15. The first kappa shape index (κ1) is 8.63. The highest BCUT2D eigenvalue weighted by molar-refractivity contribution is 14.1. The molecule has 0 aromatic heterocycles. The van der Waals surface area contributed by atoms with Crippen molar-refractivity contribution in [1.29, 1.82) is 0 Å². The summed E-state index contributed by atoms with van der Waals surface area (Å²) < 4.78 is 39.6. The van der Waals surface area contributed by atoms with E-state index in [4.69, 9.17) is 0 Å². The highest BCUT2D eigenvalue weighted by Gasteiger charge is 2.09. The van der Waals surface area contributed by atoms with Crippen LogP contribution < -0.4 is 3.53 Å². The van der Waals surface area contributed by atoms with Gasteiger partial charge in [-0.05, 0) is 0 Å². The number of hydrogen-bond acceptors (Lipinski definition) is 1. The zero-order chi connectivity index (χ0) is 8.43. The van der Waals surface area contributed by atoms with Crippen LogP contribution in [0.5, 0.6) is 0 Å².